The fourth-order valence-electron chi connectivity index (χ4n) is 2.98. The Morgan fingerprint density at radius 1 is 0.966 bits per heavy atom. The Morgan fingerprint density at radius 3 is 2.48 bits per heavy atom. The first-order valence-corrected chi connectivity index (χ1v) is 10.9. The van der Waals surface area contributed by atoms with E-state index in [4.69, 9.17) is 0 Å². The first-order valence-electron chi connectivity index (χ1n) is 9.26. The zero-order chi connectivity index (χ0) is 20.2. The van der Waals surface area contributed by atoms with Crippen molar-refractivity contribution in [2.24, 2.45) is 0 Å². The third kappa shape index (κ3) is 4.93. The molecule has 0 fully saturated rings. The van der Waals surface area contributed by atoms with Crippen LogP contribution in [0.4, 0.5) is 5.13 Å². The molecule has 1 N–H and O–H groups in total. The predicted octanol–water partition coefficient (Wildman–Crippen LogP) is 5.05. The predicted molar refractivity (Wildman–Crippen MR) is 119 cm³/mol. The van der Waals surface area contributed by atoms with Gasteiger partial charge in [-0.05, 0) is 19.4 Å². The van der Waals surface area contributed by atoms with E-state index in [2.05, 4.69) is 51.7 Å². The first kappa shape index (κ1) is 19.4. The van der Waals surface area contributed by atoms with Crippen molar-refractivity contribution in [1.29, 1.82) is 0 Å². The minimum atomic E-state index is -0.107. The van der Waals surface area contributed by atoms with Crippen molar-refractivity contribution in [2.45, 2.75) is 26.7 Å². The van der Waals surface area contributed by atoms with E-state index in [0.29, 0.717) is 11.6 Å². The third-order valence-corrected chi connectivity index (χ3v) is 6.17. The second kappa shape index (κ2) is 8.63. The number of aromatic nitrogens is 3. The van der Waals surface area contributed by atoms with Crippen LogP contribution >= 0.6 is 22.7 Å². The Bertz CT molecular complexity index is 1120. The van der Waals surface area contributed by atoms with Gasteiger partial charge >= 0.3 is 0 Å². The third-order valence-electron chi connectivity index (χ3n) is 4.36. The van der Waals surface area contributed by atoms with E-state index in [-0.39, 0.29) is 12.3 Å². The van der Waals surface area contributed by atoms with Crippen molar-refractivity contribution in [3.63, 3.8) is 0 Å². The molecule has 0 atom stereocenters. The number of nitrogens with one attached hydrogen (secondary N) is 1. The molecule has 1 amide bonds. The maximum absolute atomic E-state index is 12.6. The van der Waals surface area contributed by atoms with Crippen LogP contribution in [-0.2, 0) is 17.6 Å². The molecule has 0 aliphatic heterocycles. The average Bonchev–Trinajstić information content (AvgIpc) is 3.29. The molecule has 7 heteroatoms. The van der Waals surface area contributed by atoms with Crippen molar-refractivity contribution in [2.75, 3.05) is 5.32 Å². The van der Waals surface area contributed by atoms with Crippen LogP contribution in [0, 0.1) is 13.8 Å². The molecule has 0 spiro atoms. The van der Waals surface area contributed by atoms with Gasteiger partial charge in [0.2, 0.25) is 11.0 Å². The fourth-order valence-corrected chi connectivity index (χ4v) is 4.73. The number of carbonyl (C=O) groups excluding carboxylic acids is 1. The number of carbonyl (C=O) groups is 1. The highest BCUT2D eigenvalue weighted by atomic mass is 32.1. The molecule has 29 heavy (non-hydrogen) atoms. The molecular weight excluding hydrogens is 400 g/mol. The highest BCUT2D eigenvalue weighted by Crippen LogP contribution is 2.29. The zero-order valence-corrected chi connectivity index (χ0v) is 17.8. The lowest BCUT2D eigenvalue weighted by Gasteiger charge is -2.03. The van der Waals surface area contributed by atoms with E-state index in [9.17, 15) is 4.79 Å². The van der Waals surface area contributed by atoms with Gasteiger partial charge in [0.05, 0.1) is 17.1 Å². The van der Waals surface area contributed by atoms with Crippen LogP contribution in [-0.4, -0.2) is 21.1 Å². The minimum absolute atomic E-state index is 0.107. The van der Waals surface area contributed by atoms with Crippen LogP contribution in [0.15, 0.2) is 54.6 Å². The molecular formula is C22H20N4OS2. The number of aryl methyl sites for hydroxylation is 2. The summed E-state index contributed by atoms with van der Waals surface area (Å²) in [5.74, 6) is -0.107. The Morgan fingerprint density at radius 2 is 1.72 bits per heavy atom. The van der Waals surface area contributed by atoms with E-state index in [0.717, 1.165) is 26.1 Å². The van der Waals surface area contributed by atoms with Gasteiger partial charge in [0.1, 0.15) is 5.01 Å². The Hall–Kier alpha value is -2.90. The quantitative estimate of drug-likeness (QED) is 0.474. The van der Waals surface area contributed by atoms with Gasteiger partial charge < -0.3 is 5.32 Å². The largest absolute Gasteiger partial charge is 0.300 e. The normalized spacial score (nSPS) is 10.8. The Kier molecular flexibility index (Phi) is 5.78. The van der Waals surface area contributed by atoms with Crippen molar-refractivity contribution >= 4 is 33.7 Å². The average molecular weight is 421 g/mol. The second-order valence-electron chi connectivity index (χ2n) is 6.76. The second-order valence-corrected chi connectivity index (χ2v) is 9.11. The number of hydrogen-bond acceptors (Lipinski definition) is 6. The van der Waals surface area contributed by atoms with Gasteiger partial charge in [-0.2, -0.15) is 0 Å². The topological polar surface area (TPSA) is 67.8 Å². The monoisotopic (exact) mass is 420 g/mol. The van der Waals surface area contributed by atoms with Gasteiger partial charge in [0, 0.05) is 16.9 Å². The van der Waals surface area contributed by atoms with Gasteiger partial charge in [-0.1, -0.05) is 71.5 Å². The SMILES string of the molecule is Cc1ccc(-c2nc(C)sc2CC(=O)Nc2nnc(Cc3ccccc3)s2)cc1. The highest BCUT2D eigenvalue weighted by molar-refractivity contribution is 7.15. The summed E-state index contributed by atoms with van der Waals surface area (Å²) >= 11 is 2.96. The summed E-state index contributed by atoms with van der Waals surface area (Å²) in [6.07, 6.45) is 0.975. The van der Waals surface area contributed by atoms with E-state index < -0.39 is 0 Å². The highest BCUT2D eigenvalue weighted by Gasteiger charge is 2.16. The van der Waals surface area contributed by atoms with Crippen molar-refractivity contribution in [3.05, 3.63) is 80.6 Å². The zero-order valence-electron chi connectivity index (χ0n) is 16.2. The Labute approximate surface area is 177 Å². The van der Waals surface area contributed by atoms with Gasteiger partial charge in [-0.15, -0.1) is 21.5 Å². The van der Waals surface area contributed by atoms with E-state index >= 15 is 0 Å². The van der Waals surface area contributed by atoms with E-state index in [1.807, 2.05) is 37.3 Å². The molecule has 2 heterocycles. The molecule has 4 aromatic rings. The number of benzene rings is 2. The molecule has 2 aromatic carbocycles. The molecule has 0 unspecified atom stereocenters. The summed E-state index contributed by atoms with van der Waals surface area (Å²) < 4.78 is 0. The van der Waals surface area contributed by atoms with Crippen LogP contribution < -0.4 is 5.32 Å². The molecule has 0 aliphatic carbocycles. The van der Waals surface area contributed by atoms with Gasteiger partial charge in [0.25, 0.3) is 0 Å². The van der Waals surface area contributed by atoms with Crippen LogP contribution in [0.2, 0.25) is 0 Å². The first-order chi connectivity index (χ1) is 14.1. The summed E-state index contributed by atoms with van der Waals surface area (Å²) in [5.41, 5.74) is 4.28. The number of nitrogens with zero attached hydrogens (tertiary/aromatic N) is 3. The van der Waals surface area contributed by atoms with Crippen LogP contribution in [0.3, 0.4) is 0 Å². The molecule has 5 nitrogen and oxygen atoms in total. The lowest BCUT2D eigenvalue weighted by molar-refractivity contribution is -0.115. The standard InChI is InChI=1S/C22H20N4OS2/c1-14-8-10-17(11-9-14)21-18(28-15(2)23-21)13-19(27)24-22-26-25-20(29-22)12-16-6-4-3-5-7-16/h3-11H,12-13H2,1-2H3,(H,24,26,27). The number of thiazole rings is 1. The smallest absolute Gasteiger partial charge is 0.231 e. The lowest BCUT2D eigenvalue weighted by Crippen LogP contribution is -2.14. The maximum atomic E-state index is 12.6. The molecule has 0 bridgehead atoms. The molecule has 0 saturated heterocycles. The number of amides is 1. The van der Waals surface area contributed by atoms with Crippen LogP contribution in [0.1, 0.15) is 26.0 Å². The summed E-state index contributed by atoms with van der Waals surface area (Å²) in [4.78, 5) is 18.2. The van der Waals surface area contributed by atoms with E-state index in [1.165, 1.54) is 22.5 Å². The number of anilines is 1. The molecule has 0 aliphatic rings. The summed E-state index contributed by atoms with van der Waals surface area (Å²) in [6, 6.07) is 18.3. The maximum Gasteiger partial charge on any atom is 0.231 e. The van der Waals surface area contributed by atoms with Crippen molar-refractivity contribution in [3.8, 4) is 11.3 Å². The fraction of sp³-hybridized carbons (Fsp3) is 0.182. The summed E-state index contributed by atoms with van der Waals surface area (Å²) in [7, 11) is 0. The molecule has 146 valence electrons. The van der Waals surface area contributed by atoms with Gasteiger partial charge in [-0.3, -0.25) is 4.79 Å². The lowest BCUT2D eigenvalue weighted by atomic mass is 10.1. The Balaban J connectivity index is 1.44. The van der Waals surface area contributed by atoms with E-state index in [1.54, 1.807) is 11.3 Å². The van der Waals surface area contributed by atoms with Gasteiger partial charge in [-0.25, -0.2) is 4.98 Å². The molecule has 4 rings (SSSR count). The number of hydrogen-bond donors (Lipinski definition) is 1. The summed E-state index contributed by atoms with van der Waals surface area (Å²) in [5, 5.41) is 13.5. The van der Waals surface area contributed by atoms with Gasteiger partial charge in [0.15, 0.2) is 0 Å². The molecule has 2 aromatic heterocycles. The number of rotatable bonds is 6. The van der Waals surface area contributed by atoms with Crippen molar-refractivity contribution in [1.82, 2.24) is 15.2 Å². The van der Waals surface area contributed by atoms with Crippen molar-refractivity contribution < 1.29 is 4.79 Å². The molecule has 0 saturated carbocycles. The molecule has 0 radical (unpaired) electrons. The van der Waals surface area contributed by atoms with Crippen LogP contribution in [0.25, 0.3) is 11.3 Å². The minimum Gasteiger partial charge on any atom is -0.300 e. The summed E-state index contributed by atoms with van der Waals surface area (Å²) in [6.45, 7) is 4.02. The van der Waals surface area contributed by atoms with Crippen LogP contribution in [0.5, 0.6) is 0 Å².